The summed E-state index contributed by atoms with van der Waals surface area (Å²) in [5.74, 6) is 0.649. The van der Waals surface area contributed by atoms with E-state index in [9.17, 15) is 14.9 Å². The van der Waals surface area contributed by atoms with Crippen LogP contribution in [0.15, 0.2) is 47.1 Å². The molecule has 0 bridgehead atoms. The van der Waals surface area contributed by atoms with Crippen molar-refractivity contribution in [3.8, 4) is 11.5 Å². The highest BCUT2D eigenvalue weighted by molar-refractivity contribution is 6.13. The number of rotatable bonds is 6. The summed E-state index contributed by atoms with van der Waals surface area (Å²) in [5, 5.41) is 10.9. The van der Waals surface area contributed by atoms with Gasteiger partial charge in [-0.3, -0.25) is 10.1 Å². The van der Waals surface area contributed by atoms with E-state index in [1.54, 1.807) is 37.3 Å². The van der Waals surface area contributed by atoms with Crippen LogP contribution in [-0.2, 0) is 9.53 Å². The summed E-state index contributed by atoms with van der Waals surface area (Å²) in [4.78, 5) is 26.9. The van der Waals surface area contributed by atoms with Crippen LogP contribution in [0, 0.1) is 17.0 Å². The zero-order valence-corrected chi connectivity index (χ0v) is 15.6. The number of nitrogens with zero attached hydrogens (tertiary/aromatic N) is 2. The van der Waals surface area contributed by atoms with Gasteiger partial charge in [-0.25, -0.2) is 9.79 Å². The van der Waals surface area contributed by atoms with Crippen LogP contribution in [0.4, 0.5) is 5.69 Å². The number of carbonyl (C=O) groups excluding carboxylic acids is 1. The molecule has 0 atom stereocenters. The van der Waals surface area contributed by atoms with E-state index in [2.05, 4.69) is 4.99 Å². The maximum absolute atomic E-state index is 12.2. The van der Waals surface area contributed by atoms with Crippen LogP contribution in [-0.4, -0.2) is 30.5 Å². The van der Waals surface area contributed by atoms with Gasteiger partial charge in [-0.05, 0) is 49.8 Å². The normalized spacial score (nSPS) is 14.6. The quantitative estimate of drug-likeness (QED) is 0.327. The molecule has 2 aromatic rings. The van der Waals surface area contributed by atoms with Gasteiger partial charge in [0.05, 0.1) is 18.6 Å². The number of ether oxygens (including phenoxy) is 3. The van der Waals surface area contributed by atoms with Crippen molar-refractivity contribution in [3.63, 3.8) is 0 Å². The Morgan fingerprint density at radius 2 is 2.00 bits per heavy atom. The highest BCUT2D eigenvalue weighted by Gasteiger charge is 2.25. The number of carbonyl (C=O) groups is 1. The van der Waals surface area contributed by atoms with Gasteiger partial charge in [0.25, 0.3) is 5.69 Å². The third-order valence-electron chi connectivity index (χ3n) is 4.05. The molecule has 2 aromatic carbocycles. The minimum Gasteiger partial charge on any atom is -0.493 e. The number of cyclic esters (lactones) is 1. The van der Waals surface area contributed by atoms with Crippen molar-refractivity contribution in [2.75, 3.05) is 13.7 Å². The molecule has 0 N–H and O–H groups in total. The van der Waals surface area contributed by atoms with Crippen LogP contribution in [0.2, 0.25) is 0 Å². The summed E-state index contributed by atoms with van der Waals surface area (Å²) < 4.78 is 16.0. The molecule has 8 heteroatoms. The van der Waals surface area contributed by atoms with E-state index in [0.717, 1.165) is 0 Å². The van der Waals surface area contributed by atoms with Crippen LogP contribution in [0.3, 0.4) is 0 Å². The molecule has 144 valence electrons. The van der Waals surface area contributed by atoms with E-state index in [-0.39, 0.29) is 17.3 Å². The molecule has 1 heterocycles. The van der Waals surface area contributed by atoms with E-state index >= 15 is 0 Å². The van der Waals surface area contributed by atoms with Crippen LogP contribution < -0.4 is 9.47 Å². The van der Waals surface area contributed by atoms with Gasteiger partial charge in [0.15, 0.2) is 17.2 Å². The Hall–Kier alpha value is -3.68. The number of benzene rings is 2. The van der Waals surface area contributed by atoms with Crippen molar-refractivity contribution >= 4 is 23.6 Å². The van der Waals surface area contributed by atoms with Crippen molar-refractivity contribution in [1.82, 2.24) is 0 Å². The molecule has 1 aliphatic rings. The number of esters is 1. The molecule has 28 heavy (non-hydrogen) atoms. The van der Waals surface area contributed by atoms with Crippen molar-refractivity contribution < 1.29 is 23.9 Å². The molecule has 0 amide bonds. The molecule has 1 aliphatic heterocycles. The lowest BCUT2D eigenvalue weighted by Gasteiger charge is -2.09. The van der Waals surface area contributed by atoms with Gasteiger partial charge < -0.3 is 14.2 Å². The molecular formula is C20H18N2O6. The zero-order valence-electron chi connectivity index (χ0n) is 15.6. The number of hydrogen-bond acceptors (Lipinski definition) is 7. The average molecular weight is 382 g/mol. The van der Waals surface area contributed by atoms with Gasteiger partial charge in [-0.15, -0.1) is 0 Å². The van der Waals surface area contributed by atoms with E-state index in [0.29, 0.717) is 34.8 Å². The number of methoxy groups -OCH3 is 1. The van der Waals surface area contributed by atoms with Crippen molar-refractivity contribution in [1.29, 1.82) is 0 Å². The van der Waals surface area contributed by atoms with Crippen LogP contribution >= 0.6 is 0 Å². The first-order valence-electron chi connectivity index (χ1n) is 8.51. The fraction of sp³-hybridized carbons (Fsp3) is 0.200. The summed E-state index contributed by atoms with van der Waals surface area (Å²) in [6, 6.07) is 9.68. The Bertz CT molecular complexity index is 1010. The highest BCUT2D eigenvalue weighted by Crippen LogP contribution is 2.30. The molecule has 0 unspecified atom stereocenters. The van der Waals surface area contributed by atoms with E-state index in [1.165, 1.54) is 19.2 Å². The molecule has 0 aromatic heterocycles. The molecule has 3 rings (SSSR count). The topological polar surface area (TPSA) is 100 Å². The number of hydrogen-bond donors (Lipinski definition) is 0. The van der Waals surface area contributed by atoms with Gasteiger partial charge in [0.1, 0.15) is 0 Å². The molecule has 0 saturated heterocycles. The highest BCUT2D eigenvalue weighted by atomic mass is 16.6. The van der Waals surface area contributed by atoms with Gasteiger partial charge in [0.2, 0.25) is 5.90 Å². The minimum absolute atomic E-state index is 0.00841. The van der Waals surface area contributed by atoms with E-state index in [4.69, 9.17) is 14.2 Å². The van der Waals surface area contributed by atoms with Crippen LogP contribution in [0.1, 0.15) is 23.6 Å². The Morgan fingerprint density at radius 1 is 1.21 bits per heavy atom. The first-order valence-corrected chi connectivity index (χ1v) is 8.51. The Balaban J connectivity index is 1.91. The van der Waals surface area contributed by atoms with E-state index in [1.807, 2.05) is 6.92 Å². The summed E-state index contributed by atoms with van der Waals surface area (Å²) in [7, 11) is 1.53. The average Bonchev–Trinajstić information content (AvgIpc) is 3.03. The molecule has 8 nitrogen and oxygen atoms in total. The Morgan fingerprint density at radius 3 is 2.64 bits per heavy atom. The standard InChI is InChI=1S/C20H18N2O6/c1-4-27-17-8-5-13(11-18(17)26-3)10-15-20(23)28-19(21-15)14-6-7-16(22(24)25)12(2)9-14/h5-11H,4H2,1-3H3/b15-10-. The number of aryl methyl sites for hydroxylation is 1. The number of nitro benzene ring substituents is 1. The van der Waals surface area contributed by atoms with Crippen LogP contribution in [0.5, 0.6) is 11.5 Å². The summed E-state index contributed by atoms with van der Waals surface area (Å²) in [6.45, 7) is 3.99. The lowest BCUT2D eigenvalue weighted by Crippen LogP contribution is -2.06. The van der Waals surface area contributed by atoms with Gasteiger partial charge in [-0.1, -0.05) is 6.07 Å². The fourth-order valence-corrected chi connectivity index (χ4v) is 2.73. The van der Waals surface area contributed by atoms with Crippen molar-refractivity contribution in [3.05, 3.63) is 68.9 Å². The second-order valence-corrected chi connectivity index (χ2v) is 5.94. The predicted octanol–water partition coefficient (Wildman–Crippen LogP) is 3.66. The largest absolute Gasteiger partial charge is 0.493 e. The smallest absolute Gasteiger partial charge is 0.363 e. The fourth-order valence-electron chi connectivity index (χ4n) is 2.73. The molecule has 0 radical (unpaired) electrons. The Labute approximate surface area is 161 Å². The third kappa shape index (κ3) is 3.85. The van der Waals surface area contributed by atoms with Gasteiger partial charge >= 0.3 is 5.97 Å². The lowest BCUT2D eigenvalue weighted by atomic mass is 10.1. The summed E-state index contributed by atoms with van der Waals surface area (Å²) in [6.07, 6.45) is 1.58. The summed E-state index contributed by atoms with van der Waals surface area (Å²) >= 11 is 0. The monoisotopic (exact) mass is 382 g/mol. The molecule has 0 aliphatic carbocycles. The Kier molecular flexibility index (Phi) is 5.39. The molecule has 0 spiro atoms. The first kappa shape index (κ1) is 19.1. The number of nitro groups is 1. The van der Waals surface area contributed by atoms with Gasteiger partial charge in [-0.2, -0.15) is 0 Å². The molecule has 0 saturated carbocycles. The molecule has 0 fully saturated rings. The zero-order chi connectivity index (χ0) is 20.3. The second kappa shape index (κ2) is 7.91. The predicted molar refractivity (Wildman–Crippen MR) is 103 cm³/mol. The lowest BCUT2D eigenvalue weighted by molar-refractivity contribution is -0.385. The van der Waals surface area contributed by atoms with Gasteiger partial charge in [0, 0.05) is 17.2 Å². The van der Waals surface area contributed by atoms with Crippen LogP contribution in [0.25, 0.3) is 6.08 Å². The first-order chi connectivity index (χ1) is 13.4. The van der Waals surface area contributed by atoms with Crippen molar-refractivity contribution in [2.45, 2.75) is 13.8 Å². The maximum Gasteiger partial charge on any atom is 0.363 e. The number of aliphatic imine (C=N–C) groups is 1. The summed E-state index contributed by atoms with van der Waals surface area (Å²) in [5.41, 5.74) is 1.75. The maximum atomic E-state index is 12.2. The second-order valence-electron chi connectivity index (χ2n) is 5.94. The molecular weight excluding hydrogens is 364 g/mol. The third-order valence-corrected chi connectivity index (χ3v) is 4.05. The SMILES string of the molecule is CCOc1ccc(/C=C2\N=C(c3ccc([N+](=O)[O-])c(C)c3)OC2=O)cc1OC. The van der Waals surface area contributed by atoms with Crippen molar-refractivity contribution in [2.24, 2.45) is 4.99 Å². The minimum atomic E-state index is -0.598. The van der Waals surface area contributed by atoms with E-state index < -0.39 is 10.9 Å².